The van der Waals surface area contributed by atoms with E-state index in [1.807, 2.05) is 7.05 Å². The first kappa shape index (κ1) is 12.6. The van der Waals surface area contributed by atoms with Gasteiger partial charge in [0.2, 0.25) is 0 Å². The fourth-order valence-electron chi connectivity index (χ4n) is 1.27. The van der Waals surface area contributed by atoms with E-state index in [4.69, 9.17) is 15.2 Å². The van der Waals surface area contributed by atoms with Gasteiger partial charge in [0.1, 0.15) is 0 Å². The van der Waals surface area contributed by atoms with Crippen LogP contribution in [-0.2, 0) is 16.5 Å². The summed E-state index contributed by atoms with van der Waals surface area (Å²) in [4.78, 5) is 0. The van der Waals surface area contributed by atoms with E-state index in [-0.39, 0.29) is 6.04 Å². The predicted molar refractivity (Wildman–Crippen MR) is 60.5 cm³/mol. The van der Waals surface area contributed by atoms with Gasteiger partial charge in [-0.2, -0.15) is 5.10 Å². The third-order valence-electron chi connectivity index (χ3n) is 2.02. The zero-order valence-electron chi connectivity index (χ0n) is 8.94. The molecule has 0 spiro atoms. The van der Waals surface area contributed by atoms with Gasteiger partial charge in [-0.05, 0) is 15.9 Å². The monoisotopic (exact) mass is 277 g/mol. The van der Waals surface area contributed by atoms with Crippen LogP contribution in [0.1, 0.15) is 11.7 Å². The number of hydrogen-bond donors (Lipinski definition) is 1. The number of methoxy groups -OCH3 is 1. The Hall–Kier alpha value is -0.430. The SMILES string of the molecule is COCCOCC(N)c1c(Br)cnn1C. The van der Waals surface area contributed by atoms with E-state index in [0.717, 1.165) is 10.2 Å². The molecule has 86 valence electrons. The van der Waals surface area contributed by atoms with E-state index in [2.05, 4.69) is 21.0 Å². The molecule has 1 aromatic rings. The highest BCUT2D eigenvalue weighted by molar-refractivity contribution is 9.10. The summed E-state index contributed by atoms with van der Waals surface area (Å²) in [6.45, 7) is 1.60. The predicted octanol–water partition coefficient (Wildman–Crippen LogP) is 0.845. The molecule has 0 fully saturated rings. The van der Waals surface area contributed by atoms with Gasteiger partial charge in [-0.25, -0.2) is 0 Å². The van der Waals surface area contributed by atoms with E-state index in [0.29, 0.717) is 19.8 Å². The molecular weight excluding hydrogens is 262 g/mol. The molecule has 0 aromatic carbocycles. The van der Waals surface area contributed by atoms with Crippen molar-refractivity contribution in [1.82, 2.24) is 9.78 Å². The third kappa shape index (κ3) is 3.57. The van der Waals surface area contributed by atoms with Crippen LogP contribution in [0.15, 0.2) is 10.7 Å². The summed E-state index contributed by atoms with van der Waals surface area (Å²) in [5.41, 5.74) is 6.90. The smallest absolute Gasteiger partial charge is 0.0716 e. The van der Waals surface area contributed by atoms with Gasteiger partial charge in [0.25, 0.3) is 0 Å². The number of nitrogens with two attached hydrogens (primary N) is 1. The van der Waals surface area contributed by atoms with Gasteiger partial charge in [-0.1, -0.05) is 0 Å². The van der Waals surface area contributed by atoms with Crippen molar-refractivity contribution < 1.29 is 9.47 Å². The highest BCUT2D eigenvalue weighted by Crippen LogP contribution is 2.20. The van der Waals surface area contributed by atoms with Crippen molar-refractivity contribution in [2.75, 3.05) is 26.9 Å². The molecule has 0 aliphatic carbocycles. The topological polar surface area (TPSA) is 62.3 Å². The van der Waals surface area contributed by atoms with Crippen molar-refractivity contribution in [2.24, 2.45) is 12.8 Å². The minimum Gasteiger partial charge on any atom is -0.382 e. The molecule has 1 heterocycles. The van der Waals surface area contributed by atoms with E-state index < -0.39 is 0 Å². The van der Waals surface area contributed by atoms with Crippen molar-refractivity contribution in [3.63, 3.8) is 0 Å². The van der Waals surface area contributed by atoms with E-state index in [1.165, 1.54) is 0 Å². The number of halogens is 1. The molecule has 6 heteroatoms. The highest BCUT2D eigenvalue weighted by atomic mass is 79.9. The van der Waals surface area contributed by atoms with Crippen LogP contribution < -0.4 is 5.73 Å². The van der Waals surface area contributed by atoms with Crippen molar-refractivity contribution in [2.45, 2.75) is 6.04 Å². The van der Waals surface area contributed by atoms with Crippen LogP contribution in [0.5, 0.6) is 0 Å². The van der Waals surface area contributed by atoms with Gasteiger partial charge < -0.3 is 15.2 Å². The lowest BCUT2D eigenvalue weighted by Crippen LogP contribution is -2.21. The molecule has 1 atom stereocenters. The fourth-order valence-corrected chi connectivity index (χ4v) is 1.91. The Bertz CT molecular complexity index is 284. The molecule has 5 nitrogen and oxygen atoms in total. The summed E-state index contributed by atoms with van der Waals surface area (Å²) in [5.74, 6) is 0. The zero-order chi connectivity index (χ0) is 11.3. The Kier molecular flexibility index (Phi) is 5.24. The average molecular weight is 278 g/mol. The number of ether oxygens (including phenoxy) is 2. The van der Waals surface area contributed by atoms with Gasteiger partial charge in [-0.3, -0.25) is 4.68 Å². The highest BCUT2D eigenvalue weighted by Gasteiger charge is 2.14. The quantitative estimate of drug-likeness (QED) is 0.783. The Labute approximate surface area is 97.7 Å². The molecule has 15 heavy (non-hydrogen) atoms. The van der Waals surface area contributed by atoms with Gasteiger partial charge in [0.15, 0.2) is 0 Å². The summed E-state index contributed by atoms with van der Waals surface area (Å²) >= 11 is 3.40. The number of aryl methyl sites for hydroxylation is 1. The minimum atomic E-state index is -0.177. The second kappa shape index (κ2) is 6.22. The van der Waals surface area contributed by atoms with Crippen LogP contribution in [0.4, 0.5) is 0 Å². The first-order valence-electron chi connectivity index (χ1n) is 4.66. The molecule has 0 radical (unpaired) electrons. The molecule has 0 bridgehead atoms. The van der Waals surface area contributed by atoms with Crippen LogP contribution in [0, 0.1) is 0 Å². The van der Waals surface area contributed by atoms with Crippen LogP contribution >= 0.6 is 15.9 Å². The second-order valence-corrected chi connectivity index (χ2v) is 4.03. The Morgan fingerprint density at radius 3 is 2.87 bits per heavy atom. The normalized spacial score (nSPS) is 13.1. The summed E-state index contributed by atoms with van der Waals surface area (Å²) in [7, 11) is 3.50. The molecule has 1 aromatic heterocycles. The number of nitrogens with zero attached hydrogens (tertiary/aromatic N) is 2. The van der Waals surface area contributed by atoms with Crippen molar-refractivity contribution in [3.05, 3.63) is 16.4 Å². The Morgan fingerprint density at radius 2 is 2.33 bits per heavy atom. The lowest BCUT2D eigenvalue weighted by atomic mass is 10.2. The zero-order valence-corrected chi connectivity index (χ0v) is 10.5. The van der Waals surface area contributed by atoms with Crippen LogP contribution in [0.2, 0.25) is 0 Å². The average Bonchev–Trinajstić information content (AvgIpc) is 2.53. The molecule has 0 amide bonds. The molecule has 0 aliphatic heterocycles. The van der Waals surface area contributed by atoms with E-state index >= 15 is 0 Å². The summed E-state index contributed by atoms with van der Waals surface area (Å²) in [6.07, 6.45) is 1.73. The number of hydrogen-bond acceptors (Lipinski definition) is 4. The molecule has 1 unspecified atom stereocenters. The standard InChI is InChI=1S/C9H16BrN3O2/c1-13-9(7(10)5-12-13)8(11)6-15-4-3-14-2/h5,8H,3-4,6,11H2,1-2H3. The molecule has 2 N–H and O–H groups in total. The van der Waals surface area contributed by atoms with Gasteiger partial charge in [0, 0.05) is 14.2 Å². The first-order valence-corrected chi connectivity index (χ1v) is 5.45. The maximum atomic E-state index is 5.97. The van der Waals surface area contributed by atoms with Crippen LogP contribution in [0.25, 0.3) is 0 Å². The maximum absolute atomic E-state index is 5.97. The van der Waals surface area contributed by atoms with E-state index in [9.17, 15) is 0 Å². The molecular formula is C9H16BrN3O2. The summed E-state index contributed by atoms with van der Waals surface area (Å²) in [5, 5.41) is 4.09. The van der Waals surface area contributed by atoms with Crippen LogP contribution in [0.3, 0.4) is 0 Å². The Morgan fingerprint density at radius 1 is 1.60 bits per heavy atom. The maximum Gasteiger partial charge on any atom is 0.0716 e. The summed E-state index contributed by atoms with van der Waals surface area (Å²) in [6, 6.07) is -0.177. The van der Waals surface area contributed by atoms with Gasteiger partial charge in [0.05, 0.1) is 42.2 Å². The van der Waals surface area contributed by atoms with Crippen molar-refractivity contribution in [1.29, 1.82) is 0 Å². The minimum absolute atomic E-state index is 0.177. The van der Waals surface area contributed by atoms with E-state index in [1.54, 1.807) is 18.0 Å². The third-order valence-corrected chi connectivity index (χ3v) is 2.63. The Balaban J connectivity index is 2.43. The van der Waals surface area contributed by atoms with Crippen molar-refractivity contribution >= 4 is 15.9 Å². The lowest BCUT2D eigenvalue weighted by Gasteiger charge is -2.13. The summed E-state index contributed by atoms with van der Waals surface area (Å²) < 4.78 is 12.9. The van der Waals surface area contributed by atoms with Crippen molar-refractivity contribution in [3.8, 4) is 0 Å². The molecule has 0 saturated heterocycles. The first-order chi connectivity index (χ1) is 7.16. The largest absolute Gasteiger partial charge is 0.382 e. The number of aromatic nitrogens is 2. The van der Waals surface area contributed by atoms with Gasteiger partial charge in [-0.15, -0.1) is 0 Å². The molecule has 0 aliphatic rings. The molecule has 1 rings (SSSR count). The lowest BCUT2D eigenvalue weighted by molar-refractivity contribution is 0.0626. The fraction of sp³-hybridized carbons (Fsp3) is 0.667. The van der Waals surface area contributed by atoms with Crippen LogP contribution in [-0.4, -0.2) is 36.7 Å². The van der Waals surface area contributed by atoms with Gasteiger partial charge >= 0.3 is 0 Å². The second-order valence-electron chi connectivity index (χ2n) is 3.18. The number of rotatable bonds is 6. The molecule has 0 saturated carbocycles.